The summed E-state index contributed by atoms with van der Waals surface area (Å²) in [6, 6.07) is 0.835. The maximum Gasteiger partial charge on any atom is 0.106 e. The van der Waals surface area contributed by atoms with E-state index in [1.165, 1.54) is 64.0 Å². The molecule has 2 aliphatic heterocycles. The van der Waals surface area contributed by atoms with Gasteiger partial charge >= 0.3 is 0 Å². The molecule has 0 bridgehead atoms. The van der Waals surface area contributed by atoms with Crippen LogP contribution in [0.15, 0.2) is 5.38 Å². The van der Waals surface area contributed by atoms with Gasteiger partial charge in [-0.2, -0.15) is 0 Å². The Morgan fingerprint density at radius 3 is 2.55 bits per heavy atom. The number of hydrogen-bond donors (Lipinski definition) is 1. The highest BCUT2D eigenvalue weighted by molar-refractivity contribution is 7.09. The lowest BCUT2D eigenvalue weighted by Crippen LogP contribution is -2.46. The van der Waals surface area contributed by atoms with E-state index in [9.17, 15) is 0 Å². The van der Waals surface area contributed by atoms with Gasteiger partial charge in [-0.1, -0.05) is 6.42 Å². The minimum absolute atomic E-state index is 0.571. The predicted molar refractivity (Wildman–Crippen MR) is 83.7 cm³/mol. The molecule has 2 N–H and O–H groups in total. The summed E-state index contributed by atoms with van der Waals surface area (Å²) in [4.78, 5) is 9.86. The predicted octanol–water partition coefficient (Wildman–Crippen LogP) is 2.05. The molecule has 0 spiro atoms. The Labute approximate surface area is 126 Å². The zero-order valence-corrected chi connectivity index (χ0v) is 13.1. The van der Waals surface area contributed by atoms with Gasteiger partial charge in [0.1, 0.15) is 5.01 Å². The zero-order valence-electron chi connectivity index (χ0n) is 12.3. The van der Waals surface area contributed by atoms with Gasteiger partial charge in [0, 0.05) is 37.6 Å². The minimum atomic E-state index is 0.571. The number of hydrogen-bond acceptors (Lipinski definition) is 5. The van der Waals surface area contributed by atoms with Gasteiger partial charge in [-0.3, -0.25) is 4.90 Å². The number of nitrogens with two attached hydrogens (primary N) is 1. The van der Waals surface area contributed by atoms with Crippen LogP contribution in [0.5, 0.6) is 0 Å². The maximum atomic E-state index is 5.63. The zero-order chi connectivity index (χ0) is 13.8. The van der Waals surface area contributed by atoms with Gasteiger partial charge in [0.25, 0.3) is 0 Å². The van der Waals surface area contributed by atoms with Gasteiger partial charge in [-0.05, 0) is 38.8 Å². The van der Waals surface area contributed by atoms with Crippen molar-refractivity contribution in [3.05, 3.63) is 16.1 Å². The molecule has 3 heterocycles. The van der Waals surface area contributed by atoms with Crippen molar-refractivity contribution >= 4 is 11.3 Å². The Bertz CT molecular complexity index is 406. The molecule has 4 nitrogen and oxygen atoms in total. The summed E-state index contributed by atoms with van der Waals surface area (Å²) in [5.74, 6) is 0. The van der Waals surface area contributed by atoms with Crippen LogP contribution in [0.1, 0.15) is 42.8 Å². The molecule has 2 aliphatic rings. The van der Waals surface area contributed by atoms with Crippen molar-refractivity contribution in [3.8, 4) is 0 Å². The highest BCUT2D eigenvalue weighted by atomic mass is 32.1. The summed E-state index contributed by atoms with van der Waals surface area (Å²) in [5, 5.41) is 3.22. The van der Waals surface area contributed by atoms with E-state index in [0.29, 0.717) is 6.54 Å². The van der Waals surface area contributed by atoms with E-state index < -0.39 is 0 Å². The smallest absolute Gasteiger partial charge is 0.106 e. The van der Waals surface area contributed by atoms with Crippen molar-refractivity contribution in [1.82, 2.24) is 14.8 Å². The Morgan fingerprint density at radius 2 is 1.90 bits per heavy atom. The van der Waals surface area contributed by atoms with Crippen LogP contribution in [0.25, 0.3) is 0 Å². The number of nitrogens with zero attached hydrogens (tertiary/aromatic N) is 3. The third-order valence-electron chi connectivity index (χ3n) is 4.62. The van der Waals surface area contributed by atoms with Crippen LogP contribution in [0, 0.1) is 0 Å². The molecule has 5 heteroatoms. The fourth-order valence-electron chi connectivity index (χ4n) is 3.47. The Balaban J connectivity index is 1.45. The normalized spacial score (nSPS) is 23.2. The molecular formula is C15H26N4S. The van der Waals surface area contributed by atoms with Crippen molar-refractivity contribution in [2.45, 2.75) is 51.2 Å². The lowest BCUT2D eigenvalue weighted by atomic mass is 10.00. The van der Waals surface area contributed by atoms with Crippen LogP contribution in [-0.2, 0) is 13.1 Å². The number of likely N-dealkylation sites (tertiary alicyclic amines) is 2. The highest BCUT2D eigenvalue weighted by Gasteiger charge is 2.25. The third kappa shape index (κ3) is 3.58. The second-order valence-electron chi connectivity index (χ2n) is 6.04. The van der Waals surface area contributed by atoms with Crippen LogP contribution >= 0.6 is 11.3 Å². The van der Waals surface area contributed by atoms with Crippen LogP contribution in [0.3, 0.4) is 0 Å². The average Bonchev–Trinajstić information content (AvgIpc) is 2.97. The molecule has 2 saturated heterocycles. The van der Waals surface area contributed by atoms with Gasteiger partial charge in [0.05, 0.1) is 5.69 Å². The van der Waals surface area contributed by atoms with E-state index in [2.05, 4.69) is 20.2 Å². The summed E-state index contributed by atoms with van der Waals surface area (Å²) in [6.45, 7) is 6.67. The van der Waals surface area contributed by atoms with Gasteiger partial charge in [-0.25, -0.2) is 4.98 Å². The summed E-state index contributed by atoms with van der Waals surface area (Å²) in [5.41, 5.74) is 6.83. The lowest BCUT2D eigenvalue weighted by Gasteiger charge is -2.40. The van der Waals surface area contributed by atoms with Crippen molar-refractivity contribution in [1.29, 1.82) is 0 Å². The summed E-state index contributed by atoms with van der Waals surface area (Å²) >= 11 is 1.69. The standard InChI is InChI=1S/C15H26N4S/c16-10-15-17-13(12-20-15)11-18-8-4-14(5-9-18)19-6-2-1-3-7-19/h12,14H,1-11,16H2. The van der Waals surface area contributed by atoms with E-state index in [0.717, 1.165) is 17.6 Å². The molecular weight excluding hydrogens is 268 g/mol. The molecule has 1 aromatic rings. The van der Waals surface area contributed by atoms with Crippen LogP contribution in [-0.4, -0.2) is 47.0 Å². The molecule has 0 aromatic carbocycles. The molecule has 0 saturated carbocycles. The molecule has 0 atom stereocenters. The van der Waals surface area contributed by atoms with Gasteiger partial charge in [-0.15, -0.1) is 11.3 Å². The largest absolute Gasteiger partial charge is 0.325 e. The van der Waals surface area contributed by atoms with Crippen molar-refractivity contribution in [3.63, 3.8) is 0 Å². The topological polar surface area (TPSA) is 45.4 Å². The highest BCUT2D eigenvalue weighted by Crippen LogP contribution is 2.22. The maximum absolute atomic E-state index is 5.63. The van der Waals surface area contributed by atoms with Crippen molar-refractivity contribution < 1.29 is 0 Å². The quantitative estimate of drug-likeness (QED) is 0.923. The molecule has 112 valence electrons. The average molecular weight is 294 g/mol. The molecule has 20 heavy (non-hydrogen) atoms. The van der Waals surface area contributed by atoms with Gasteiger partial charge in [0.2, 0.25) is 0 Å². The molecule has 0 unspecified atom stereocenters. The first kappa shape index (κ1) is 14.4. The SMILES string of the molecule is NCc1nc(CN2CCC(N3CCCCC3)CC2)cs1. The second kappa shape index (κ2) is 6.98. The number of thiazole rings is 1. The minimum Gasteiger partial charge on any atom is -0.325 e. The summed E-state index contributed by atoms with van der Waals surface area (Å²) < 4.78 is 0. The molecule has 0 aliphatic carbocycles. The molecule has 2 fully saturated rings. The van der Waals surface area contributed by atoms with Crippen molar-refractivity contribution in [2.24, 2.45) is 5.73 Å². The Kier molecular flexibility index (Phi) is 5.04. The van der Waals surface area contributed by atoms with E-state index in [-0.39, 0.29) is 0 Å². The Morgan fingerprint density at radius 1 is 1.15 bits per heavy atom. The van der Waals surface area contributed by atoms with Gasteiger partial charge in [0.15, 0.2) is 0 Å². The number of aromatic nitrogens is 1. The first-order chi connectivity index (χ1) is 9.85. The van der Waals surface area contributed by atoms with Gasteiger partial charge < -0.3 is 10.6 Å². The van der Waals surface area contributed by atoms with Crippen LogP contribution < -0.4 is 5.73 Å². The van der Waals surface area contributed by atoms with E-state index in [4.69, 9.17) is 5.73 Å². The van der Waals surface area contributed by atoms with Crippen LogP contribution in [0.4, 0.5) is 0 Å². The monoisotopic (exact) mass is 294 g/mol. The second-order valence-corrected chi connectivity index (χ2v) is 6.98. The fraction of sp³-hybridized carbons (Fsp3) is 0.800. The molecule has 0 radical (unpaired) electrons. The summed E-state index contributed by atoms with van der Waals surface area (Å²) in [6.07, 6.45) is 6.90. The van der Waals surface area contributed by atoms with Crippen molar-refractivity contribution in [2.75, 3.05) is 26.2 Å². The summed E-state index contributed by atoms with van der Waals surface area (Å²) in [7, 11) is 0. The fourth-order valence-corrected chi connectivity index (χ4v) is 4.14. The first-order valence-corrected chi connectivity index (χ1v) is 8.83. The first-order valence-electron chi connectivity index (χ1n) is 7.95. The molecule has 3 rings (SSSR count). The van der Waals surface area contributed by atoms with E-state index in [1.54, 1.807) is 11.3 Å². The van der Waals surface area contributed by atoms with Crippen LogP contribution in [0.2, 0.25) is 0 Å². The number of piperidine rings is 2. The third-order valence-corrected chi connectivity index (χ3v) is 5.54. The number of rotatable bonds is 4. The lowest BCUT2D eigenvalue weighted by molar-refractivity contribution is 0.0892. The molecule has 0 amide bonds. The Hall–Kier alpha value is -0.490. The molecule has 1 aromatic heterocycles. The van der Waals surface area contributed by atoms with E-state index >= 15 is 0 Å². The van der Waals surface area contributed by atoms with E-state index in [1.807, 2.05) is 0 Å².